The number of aliphatic carboxylic acids is 2. The molecule has 0 radical (unpaired) electrons. The van der Waals surface area contributed by atoms with Gasteiger partial charge in [-0.15, -0.1) is 0 Å². The second-order valence-corrected chi connectivity index (χ2v) is 7.59. The first-order chi connectivity index (χ1) is 13.9. The number of rotatable bonds is 8. The van der Waals surface area contributed by atoms with Gasteiger partial charge in [-0.2, -0.15) is 0 Å². The molecule has 152 valence electrons. The molecule has 0 saturated carbocycles. The van der Waals surface area contributed by atoms with Gasteiger partial charge >= 0.3 is 11.9 Å². The summed E-state index contributed by atoms with van der Waals surface area (Å²) in [6.45, 7) is 1.68. The molecule has 0 aromatic heterocycles. The van der Waals surface area contributed by atoms with E-state index in [9.17, 15) is 24.6 Å². The van der Waals surface area contributed by atoms with E-state index < -0.39 is 29.8 Å². The first-order valence-electron chi connectivity index (χ1n) is 9.79. The van der Waals surface area contributed by atoms with Crippen LogP contribution in [-0.4, -0.2) is 34.1 Å². The Morgan fingerprint density at radius 1 is 1.03 bits per heavy atom. The maximum atomic E-state index is 13.1. The molecule has 0 aliphatic carbocycles. The first-order valence-corrected chi connectivity index (χ1v) is 9.79. The highest BCUT2D eigenvalue weighted by Gasteiger charge is 2.40. The highest BCUT2D eigenvalue weighted by atomic mass is 16.4. The number of carbonyl (C=O) groups excluding carboxylic acids is 1. The van der Waals surface area contributed by atoms with E-state index in [-0.39, 0.29) is 18.7 Å². The van der Waals surface area contributed by atoms with Crippen LogP contribution in [0.3, 0.4) is 0 Å². The molecule has 3 atom stereocenters. The molecule has 6 heteroatoms. The Kier molecular flexibility index (Phi) is 6.32. The largest absolute Gasteiger partial charge is 0.481 e. The molecule has 2 N–H and O–H groups in total. The number of carboxylic acid groups (broad SMARTS) is 2. The van der Waals surface area contributed by atoms with Crippen LogP contribution in [0.1, 0.15) is 30.9 Å². The van der Waals surface area contributed by atoms with Crippen molar-refractivity contribution in [2.75, 3.05) is 4.90 Å². The van der Waals surface area contributed by atoms with Gasteiger partial charge in [0, 0.05) is 18.0 Å². The van der Waals surface area contributed by atoms with Crippen LogP contribution in [0.25, 0.3) is 0 Å². The summed E-state index contributed by atoms with van der Waals surface area (Å²) in [7, 11) is 0. The Balaban J connectivity index is 1.72. The van der Waals surface area contributed by atoms with Gasteiger partial charge in [0.2, 0.25) is 5.91 Å². The third-order valence-electron chi connectivity index (χ3n) is 5.53. The van der Waals surface area contributed by atoms with Crippen LogP contribution in [0.4, 0.5) is 5.69 Å². The van der Waals surface area contributed by atoms with E-state index in [0.29, 0.717) is 18.5 Å². The number of carboxylic acids is 2. The third kappa shape index (κ3) is 4.65. The summed E-state index contributed by atoms with van der Waals surface area (Å²) in [5.41, 5.74) is 2.48. The maximum absolute atomic E-state index is 13.1. The van der Waals surface area contributed by atoms with Gasteiger partial charge < -0.3 is 10.2 Å². The van der Waals surface area contributed by atoms with Crippen LogP contribution in [0.2, 0.25) is 0 Å². The van der Waals surface area contributed by atoms with Crippen LogP contribution in [-0.2, 0) is 27.2 Å². The Bertz CT molecular complexity index is 895. The predicted octanol–water partition coefficient (Wildman–Crippen LogP) is 3.39. The van der Waals surface area contributed by atoms with Gasteiger partial charge in [0.1, 0.15) is 6.04 Å². The summed E-state index contributed by atoms with van der Waals surface area (Å²) in [5.74, 6) is -3.60. The van der Waals surface area contributed by atoms with Crippen molar-refractivity contribution < 1.29 is 24.6 Å². The second-order valence-electron chi connectivity index (χ2n) is 7.59. The van der Waals surface area contributed by atoms with E-state index in [1.165, 1.54) is 4.90 Å². The number of hydrogen-bond donors (Lipinski definition) is 2. The number of aryl methyl sites for hydroxylation is 1. The van der Waals surface area contributed by atoms with E-state index in [1.807, 2.05) is 42.5 Å². The number of fused-ring (bicyclic) bond motifs is 1. The predicted molar refractivity (Wildman–Crippen MR) is 109 cm³/mol. The highest BCUT2D eigenvalue weighted by molar-refractivity contribution is 6.03. The molecule has 3 rings (SSSR count). The van der Waals surface area contributed by atoms with Gasteiger partial charge in [0.05, 0.1) is 5.92 Å². The average molecular weight is 395 g/mol. The molecule has 2 aromatic carbocycles. The van der Waals surface area contributed by atoms with E-state index in [4.69, 9.17) is 0 Å². The summed E-state index contributed by atoms with van der Waals surface area (Å²) in [6.07, 6.45) is 1.48. The molecule has 1 aliphatic rings. The molecule has 0 fully saturated rings. The van der Waals surface area contributed by atoms with Gasteiger partial charge in [-0.05, 0) is 36.5 Å². The summed E-state index contributed by atoms with van der Waals surface area (Å²) in [6, 6.07) is 15.8. The van der Waals surface area contributed by atoms with Gasteiger partial charge in [-0.3, -0.25) is 14.5 Å². The van der Waals surface area contributed by atoms with Crippen molar-refractivity contribution in [3.05, 3.63) is 65.7 Å². The monoisotopic (exact) mass is 395 g/mol. The number of hydrogen-bond acceptors (Lipinski definition) is 3. The number of amides is 1. The van der Waals surface area contributed by atoms with E-state index >= 15 is 0 Å². The molecule has 1 unspecified atom stereocenters. The minimum atomic E-state index is -1.05. The van der Waals surface area contributed by atoms with Crippen molar-refractivity contribution in [2.24, 2.45) is 11.8 Å². The Hall–Kier alpha value is -3.15. The van der Waals surface area contributed by atoms with Crippen molar-refractivity contribution in [3.63, 3.8) is 0 Å². The molecule has 2 aromatic rings. The Morgan fingerprint density at radius 2 is 1.69 bits per heavy atom. The zero-order chi connectivity index (χ0) is 21.0. The van der Waals surface area contributed by atoms with Crippen molar-refractivity contribution in [1.82, 2.24) is 0 Å². The summed E-state index contributed by atoms with van der Waals surface area (Å²) < 4.78 is 0. The Labute approximate surface area is 169 Å². The van der Waals surface area contributed by atoms with Crippen molar-refractivity contribution in [3.8, 4) is 0 Å². The molecule has 1 amide bonds. The lowest BCUT2D eigenvalue weighted by atomic mass is 9.89. The van der Waals surface area contributed by atoms with Gasteiger partial charge in [0.25, 0.3) is 0 Å². The number of nitrogens with zero attached hydrogens (tertiary/aromatic N) is 1. The minimum absolute atomic E-state index is 0.173. The fourth-order valence-electron chi connectivity index (χ4n) is 3.95. The number of carbonyl (C=O) groups is 3. The normalized spacial score (nSPS) is 17.4. The summed E-state index contributed by atoms with van der Waals surface area (Å²) in [4.78, 5) is 37.9. The average Bonchev–Trinajstić information content (AvgIpc) is 3.10. The zero-order valence-electron chi connectivity index (χ0n) is 16.3. The van der Waals surface area contributed by atoms with Crippen LogP contribution >= 0.6 is 0 Å². The first kappa shape index (κ1) is 20.6. The van der Waals surface area contributed by atoms with E-state index in [0.717, 1.165) is 11.1 Å². The quantitative estimate of drug-likeness (QED) is 0.714. The number of benzene rings is 2. The van der Waals surface area contributed by atoms with Gasteiger partial charge in [-0.25, -0.2) is 4.79 Å². The molecular weight excluding hydrogens is 370 g/mol. The van der Waals surface area contributed by atoms with Gasteiger partial charge in [0.15, 0.2) is 0 Å². The molecule has 0 spiro atoms. The molecule has 0 saturated heterocycles. The van der Waals surface area contributed by atoms with E-state index in [2.05, 4.69) is 0 Å². The Morgan fingerprint density at radius 3 is 2.34 bits per heavy atom. The lowest BCUT2D eigenvalue weighted by Crippen LogP contribution is -2.45. The molecule has 29 heavy (non-hydrogen) atoms. The zero-order valence-corrected chi connectivity index (χ0v) is 16.3. The lowest BCUT2D eigenvalue weighted by molar-refractivity contribution is -0.143. The standard InChI is InChI=1S/C23H25NO5/c1-15(13-18(22(26)27)12-11-16-7-3-2-4-8-16)21(25)24-19-10-6-5-9-17(19)14-20(24)23(28)29/h2-10,15,18,20H,11-14H2,1H3,(H,26,27)(H,28,29)/t15-,18?,20+/m1/s1. The SMILES string of the molecule is C[C@H](CC(CCc1ccccc1)C(=O)O)C(=O)N1c2ccccc2C[C@H]1C(=O)O. The number of anilines is 1. The fraction of sp³-hybridized carbons (Fsp3) is 0.348. The fourth-order valence-corrected chi connectivity index (χ4v) is 3.95. The summed E-state index contributed by atoms with van der Waals surface area (Å²) >= 11 is 0. The molecule has 0 bridgehead atoms. The third-order valence-corrected chi connectivity index (χ3v) is 5.53. The van der Waals surface area contributed by atoms with Crippen LogP contribution < -0.4 is 4.90 Å². The molecule has 1 aliphatic heterocycles. The maximum Gasteiger partial charge on any atom is 0.327 e. The topological polar surface area (TPSA) is 94.9 Å². The highest BCUT2D eigenvalue weighted by Crippen LogP contribution is 2.34. The van der Waals surface area contributed by atoms with Crippen LogP contribution in [0.15, 0.2) is 54.6 Å². The second kappa shape index (κ2) is 8.90. The van der Waals surface area contributed by atoms with E-state index in [1.54, 1.807) is 19.1 Å². The van der Waals surface area contributed by atoms with Gasteiger partial charge in [-0.1, -0.05) is 55.5 Å². The van der Waals surface area contributed by atoms with Crippen LogP contribution in [0.5, 0.6) is 0 Å². The molecule has 6 nitrogen and oxygen atoms in total. The van der Waals surface area contributed by atoms with Crippen LogP contribution in [0, 0.1) is 11.8 Å². The number of para-hydroxylation sites is 1. The van der Waals surface area contributed by atoms with Crippen molar-refractivity contribution in [2.45, 2.75) is 38.6 Å². The smallest absolute Gasteiger partial charge is 0.327 e. The van der Waals surface area contributed by atoms with Crippen molar-refractivity contribution in [1.29, 1.82) is 0 Å². The molecular formula is C23H25NO5. The van der Waals surface area contributed by atoms with Crippen molar-refractivity contribution >= 4 is 23.5 Å². The lowest BCUT2D eigenvalue weighted by Gasteiger charge is -2.27. The minimum Gasteiger partial charge on any atom is -0.481 e. The molecule has 1 heterocycles. The summed E-state index contributed by atoms with van der Waals surface area (Å²) in [5, 5.41) is 19.2.